The lowest BCUT2D eigenvalue weighted by atomic mass is 10.1. The highest BCUT2D eigenvalue weighted by Crippen LogP contribution is 2.23. The zero-order valence-corrected chi connectivity index (χ0v) is 13.1. The molecule has 3 rings (SSSR count). The van der Waals surface area contributed by atoms with Gasteiger partial charge in [0.05, 0.1) is 26.7 Å². The molecule has 1 aliphatic rings. The van der Waals surface area contributed by atoms with Crippen LogP contribution in [0.5, 0.6) is 5.75 Å². The largest absolute Gasteiger partial charge is 0.496 e. The SMILES string of the molecule is COc1ccccc1CC(=O)N1CCO[C@@H](c2ccncc2)C1. The van der Waals surface area contributed by atoms with Crippen LogP contribution in [-0.2, 0) is 16.0 Å². The van der Waals surface area contributed by atoms with Crippen molar-refractivity contribution in [2.45, 2.75) is 12.5 Å². The van der Waals surface area contributed by atoms with Gasteiger partial charge in [-0.15, -0.1) is 0 Å². The summed E-state index contributed by atoms with van der Waals surface area (Å²) in [5.74, 6) is 0.844. The highest BCUT2D eigenvalue weighted by molar-refractivity contribution is 5.79. The second-order valence-corrected chi connectivity index (χ2v) is 5.47. The molecule has 23 heavy (non-hydrogen) atoms. The first-order valence-corrected chi connectivity index (χ1v) is 7.69. The summed E-state index contributed by atoms with van der Waals surface area (Å²) in [5, 5.41) is 0. The monoisotopic (exact) mass is 312 g/mol. The van der Waals surface area contributed by atoms with Crippen LogP contribution in [0, 0.1) is 0 Å². The van der Waals surface area contributed by atoms with Crippen molar-refractivity contribution < 1.29 is 14.3 Å². The summed E-state index contributed by atoms with van der Waals surface area (Å²) >= 11 is 0. The molecule has 0 unspecified atom stereocenters. The first kappa shape index (κ1) is 15.5. The van der Waals surface area contributed by atoms with Crippen LogP contribution in [0.15, 0.2) is 48.8 Å². The van der Waals surface area contributed by atoms with Gasteiger partial charge in [-0.05, 0) is 23.8 Å². The average Bonchev–Trinajstić information content (AvgIpc) is 2.63. The first-order valence-electron chi connectivity index (χ1n) is 7.69. The van der Waals surface area contributed by atoms with Gasteiger partial charge in [0.1, 0.15) is 11.9 Å². The van der Waals surface area contributed by atoms with Gasteiger partial charge < -0.3 is 14.4 Å². The third-order valence-electron chi connectivity index (χ3n) is 4.03. The smallest absolute Gasteiger partial charge is 0.227 e. The lowest BCUT2D eigenvalue weighted by Gasteiger charge is -2.33. The molecule has 1 aromatic carbocycles. The van der Waals surface area contributed by atoms with Crippen LogP contribution in [0.1, 0.15) is 17.2 Å². The van der Waals surface area contributed by atoms with E-state index in [4.69, 9.17) is 9.47 Å². The summed E-state index contributed by atoms with van der Waals surface area (Å²) in [6, 6.07) is 11.5. The summed E-state index contributed by atoms with van der Waals surface area (Å²) in [5.41, 5.74) is 1.96. The van der Waals surface area contributed by atoms with Gasteiger partial charge in [0.15, 0.2) is 0 Å². The highest BCUT2D eigenvalue weighted by atomic mass is 16.5. The molecule has 5 heteroatoms. The number of hydrogen-bond acceptors (Lipinski definition) is 4. The summed E-state index contributed by atoms with van der Waals surface area (Å²) in [6.07, 6.45) is 3.74. The molecule has 5 nitrogen and oxygen atoms in total. The van der Waals surface area contributed by atoms with E-state index < -0.39 is 0 Å². The van der Waals surface area contributed by atoms with Crippen molar-refractivity contribution in [2.75, 3.05) is 26.8 Å². The molecule has 0 bridgehead atoms. The zero-order valence-electron chi connectivity index (χ0n) is 13.1. The van der Waals surface area contributed by atoms with Crippen molar-refractivity contribution in [3.05, 3.63) is 59.9 Å². The number of carbonyl (C=O) groups is 1. The van der Waals surface area contributed by atoms with Gasteiger partial charge in [-0.3, -0.25) is 9.78 Å². The number of carbonyl (C=O) groups excluding carboxylic acids is 1. The summed E-state index contributed by atoms with van der Waals surface area (Å²) < 4.78 is 11.1. The van der Waals surface area contributed by atoms with E-state index in [1.54, 1.807) is 19.5 Å². The van der Waals surface area contributed by atoms with Crippen molar-refractivity contribution in [1.82, 2.24) is 9.88 Å². The number of amides is 1. The van der Waals surface area contributed by atoms with Gasteiger partial charge in [0, 0.05) is 24.5 Å². The maximum Gasteiger partial charge on any atom is 0.227 e. The standard InChI is InChI=1S/C18H20N2O3/c1-22-16-5-3-2-4-15(16)12-18(21)20-10-11-23-17(13-20)14-6-8-19-9-7-14/h2-9,17H,10-13H2,1H3/t17-/m1/s1. The Morgan fingerprint density at radius 1 is 1.30 bits per heavy atom. The summed E-state index contributed by atoms with van der Waals surface area (Å²) in [6.45, 7) is 1.73. The Kier molecular flexibility index (Phi) is 4.88. The Balaban J connectivity index is 1.68. The number of morpholine rings is 1. The normalized spacial score (nSPS) is 17.8. The number of rotatable bonds is 4. The van der Waals surface area contributed by atoms with Crippen LogP contribution in [0.4, 0.5) is 0 Å². The fourth-order valence-electron chi connectivity index (χ4n) is 2.78. The number of methoxy groups -OCH3 is 1. The maximum atomic E-state index is 12.6. The number of nitrogens with zero attached hydrogens (tertiary/aromatic N) is 2. The van der Waals surface area contributed by atoms with Crippen LogP contribution < -0.4 is 4.74 Å². The molecule has 1 aliphatic heterocycles. The first-order chi connectivity index (χ1) is 11.3. The molecule has 0 saturated carbocycles. The van der Waals surface area contributed by atoms with Crippen LogP contribution in [0.3, 0.4) is 0 Å². The average molecular weight is 312 g/mol. The molecular formula is C18H20N2O3. The molecule has 0 radical (unpaired) electrons. The van der Waals surface area contributed by atoms with Crippen LogP contribution in [-0.4, -0.2) is 42.6 Å². The number of aromatic nitrogens is 1. The third kappa shape index (κ3) is 3.68. The Labute approximate surface area is 135 Å². The lowest BCUT2D eigenvalue weighted by molar-refractivity contribution is -0.138. The number of pyridine rings is 1. The van der Waals surface area contributed by atoms with Gasteiger partial charge in [0.2, 0.25) is 5.91 Å². The summed E-state index contributed by atoms with van der Waals surface area (Å²) in [7, 11) is 1.62. The molecule has 1 aromatic heterocycles. The minimum Gasteiger partial charge on any atom is -0.496 e. The molecule has 0 spiro atoms. The second kappa shape index (κ2) is 7.24. The van der Waals surface area contributed by atoms with Gasteiger partial charge in [-0.1, -0.05) is 18.2 Å². The van der Waals surface area contributed by atoms with Crippen molar-refractivity contribution in [2.24, 2.45) is 0 Å². The van der Waals surface area contributed by atoms with E-state index in [2.05, 4.69) is 4.98 Å². The van der Waals surface area contributed by atoms with Crippen LogP contribution >= 0.6 is 0 Å². The van der Waals surface area contributed by atoms with Crippen LogP contribution in [0.2, 0.25) is 0 Å². The molecule has 1 saturated heterocycles. The highest BCUT2D eigenvalue weighted by Gasteiger charge is 2.25. The van der Waals surface area contributed by atoms with Crippen molar-refractivity contribution in [3.63, 3.8) is 0 Å². The zero-order chi connectivity index (χ0) is 16.1. The molecule has 0 N–H and O–H groups in total. The van der Waals surface area contributed by atoms with E-state index in [-0.39, 0.29) is 12.0 Å². The Bertz CT molecular complexity index is 660. The molecule has 2 heterocycles. The molecule has 1 fully saturated rings. The molecule has 2 aromatic rings. The number of hydrogen-bond donors (Lipinski definition) is 0. The topological polar surface area (TPSA) is 51.7 Å². The van der Waals surface area contributed by atoms with Crippen LogP contribution in [0.25, 0.3) is 0 Å². The van der Waals surface area contributed by atoms with Crippen molar-refractivity contribution in [3.8, 4) is 5.75 Å². The third-order valence-corrected chi connectivity index (χ3v) is 4.03. The second-order valence-electron chi connectivity index (χ2n) is 5.47. The lowest BCUT2D eigenvalue weighted by Crippen LogP contribution is -2.43. The predicted octanol–water partition coefficient (Wildman–Crippen LogP) is 2.23. The van der Waals surface area contributed by atoms with Crippen molar-refractivity contribution in [1.29, 1.82) is 0 Å². The Hall–Kier alpha value is -2.40. The fourth-order valence-corrected chi connectivity index (χ4v) is 2.78. The number of ether oxygens (including phenoxy) is 2. The van der Waals surface area contributed by atoms with E-state index >= 15 is 0 Å². The Morgan fingerprint density at radius 2 is 2.09 bits per heavy atom. The number of para-hydroxylation sites is 1. The van der Waals surface area contributed by atoms with E-state index in [1.165, 1.54) is 0 Å². The molecule has 1 atom stereocenters. The molecular weight excluding hydrogens is 292 g/mol. The van der Waals surface area contributed by atoms with Gasteiger partial charge in [-0.25, -0.2) is 0 Å². The predicted molar refractivity (Wildman–Crippen MR) is 86.2 cm³/mol. The van der Waals surface area contributed by atoms with Crippen molar-refractivity contribution >= 4 is 5.91 Å². The van der Waals surface area contributed by atoms with Gasteiger partial charge in [0.25, 0.3) is 0 Å². The minimum atomic E-state index is -0.0895. The fraction of sp³-hybridized carbons (Fsp3) is 0.333. The molecule has 120 valence electrons. The van der Waals surface area contributed by atoms with E-state index in [1.807, 2.05) is 41.3 Å². The van der Waals surface area contributed by atoms with E-state index in [0.29, 0.717) is 26.1 Å². The quantitative estimate of drug-likeness (QED) is 0.869. The maximum absolute atomic E-state index is 12.6. The summed E-state index contributed by atoms with van der Waals surface area (Å²) in [4.78, 5) is 18.5. The minimum absolute atomic E-state index is 0.0895. The van der Waals surface area contributed by atoms with Gasteiger partial charge >= 0.3 is 0 Å². The van der Waals surface area contributed by atoms with E-state index in [9.17, 15) is 4.79 Å². The molecule has 1 amide bonds. The Morgan fingerprint density at radius 3 is 2.87 bits per heavy atom. The number of benzene rings is 1. The van der Waals surface area contributed by atoms with Gasteiger partial charge in [-0.2, -0.15) is 0 Å². The molecule has 0 aliphatic carbocycles. The van der Waals surface area contributed by atoms with E-state index in [0.717, 1.165) is 16.9 Å².